The quantitative estimate of drug-likeness (QED) is 0.196. The van der Waals surface area contributed by atoms with Crippen LogP contribution in [0.25, 0.3) is 83.0 Å². The first-order chi connectivity index (χ1) is 25.4. The molecular weight excluding hydrogens is 573 g/mol. The molecule has 0 saturated carbocycles. The van der Waals surface area contributed by atoms with Crippen LogP contribution in [-0.2, 0) is 0 Å². The third kappa shape index (κ3) is 4.84. The van der Waals surface area contributed by atoms with E-state index >= 15 is 0 Å². The largest absolute Gasteiger partial charge is 0.309 e. The van der Waals surface area contributed by atoms with Crippen molar-refractivity contribution < 1.29 is 6.85 Å². The normalized spacial score (nSPS) is 12.9. The summed E-state index contributed by atoms with van der Waals surface area (Å²) in [5, 5.41) is 4.03. The maximum absolute atomic E-state index is 8.67. The number of fused-ring (bicyclic) bond motifs is 4. The number of rotatable bonds is 5. The summed E-state index contributed by atoms with van der Waals surface area (Å²) in [6, 6.07) is 37.5. The zero-order valence-electron chi connectivity index (χ0n) is 30.1. The smallest absolute Gasteiger partial charge is 0.0731 e. The van der Waals surface area contributed by atoms with Gasteiger partial charge in [0.05, 0.1) is 29.3 Å². The average molecular weight is 606 g/mol. The van der Waals surface area contributed by atoms with E-state index in [1.165, 1.54) is 5.39 Å². The summed E-state index contributed by atoms with van der Waals surface area (Å²) in [7, 11) is 0. The Bertz CT molecular complexity index is 2820. The minimum atomic E-state index is -0.420. The van der Waals surface area contributed by atoms with E-state index in [2.05, 4.69) is 82.8 Å². The summed E-state index contributed by atoms with van der Waals surface area (Å²) in [5.41, 5.74) is 9.30. The van der Waals surface area contributed by atoms with Gasteiger partial charge in [0.2, 0.25) is 0 Å². The van der Waals surface area contributed by atoms with E-state index < -0.39 is 6.04 Å². The molecule has 0 atom stereocenters. The van der Waals surface area contributed by atoms with Crippen LogP contribution in [-0.4, -0.2) is 19.5 Å². The number of hydrogen-bond donors (Lipinski definition) is 0. The third-order valence-corrected chi connectivity index (χ3v) is 8.66. The second kappa shape index (κ2) is 11.2. The number of hydrogen-bond acceptors (Lipinski definition) is 3. The van der Waals surface area contributed by atoms with Gasteiger partial charge in [0.1, 0.15) is 0 Å². The van der Waals surface area contributed by atoms with Gasteiger partial charge in [-0.15, -0.1) is 0 Å². The molecule has 0 radical (unpaired) electrons. The lowest BCUT2D eigenvalue weighted by Gasteiger charge is -2.12. The van der Waals surface area contributed by atoms with E-state index in [9.17, 15) is 0 Å². The molecule has 0 amide bonds. The summed E-state index contributed by atoms with van der Waals surface area (Å²) >= 11 is 0. The Morgan fingerprint density at radius 2 is 1.17 bits per heavy atom. The highest BCUT2D eigenvalue weighted by Gasteiger charge is 2.14. The molecule has 9 rings (SSSR count). The molecule has 0 unspecified atom stereocenters. The van der Waals surface area contributed by atoms with Gasteiger partial charge in [-0.3, -0.25) is 9.97 Å². The van der Waals surface area contributed by atoms with E-state index in [4.69, 9.17) is 11.8 Å². The fraction of sp³-hybridized carbons (Fsp3) is 0. The van der Waals surface area contributed by atoms with E-state index in [-0.39, 0.29) is 29.9 Å². The molecule has 0 fully saturated rings. The lowest BCUT2D eigenvalue weighted by Crippen LogP contribution is -1.93. The first-order valence-electron chi connectivity index (χ1n) is 17.8. The summed E-state index contributed by atoms with van der Waals surface area (Å²) in [6.45, 7) is 0. The fourth-order valence-electron chi connectivity index (χ4n) is 6.35. The molecule has 0 N–H and O–H groups in total. The van der Waals surface area contributed by atoms with Crippen molar-refractivity contribution in [2.45, 2.75) is 0 Å². The van der Waals surface area contributed by atoms with Crippen LogP contribution >= 0.6 is 0 Å². The molecule has 0 spiro atoms. The van der Waals surface area contributed by atoms with E-state index in [0.29, 0.717) is 5.52 Å². The molecule has 0 aliphatic rings. The summed E-state index contributed by atoms with van der Waals surface area (Å²) < 4.78 is 43.7. The van der Waals surface area contributed by atoms with Crippen molar-refractivity contribution in [1.82, 2.24) is 19.5 Å². The summed E-state index contributed by atoms with van der Waals surface area (Å²) in [4.78, 5) is 13.8. The second-order valence-electron chi connectivity index (χ2n) is 11.4. The first kappa shape index (κ1) is 22.2. The van der Waals surface area contributed by atoms with Gasteiger partial charge in [0, 0.05) is 52.4 Å². The van der Waals surface area contributed by atoms with Crippen molar-refractivity contribution in [3.05, 3.63) is 170 Å². The molecule has 47 heavy (non-hydrogen) atoms. The molecule has 4 heterocycles. The Morgan fingerprint density at radius 3 is 1.98 bits per heavy atom. The Kier molecular flexibility index (Phi) is 5.28. The Morgan fingerprint density at radius 1 is 0.468 bits per heavy atom. The molecule has 4 nitrogen and oxygen atoms in total. The zero-order valence-corrected chi connectivity index (χ0v) is 25.1. The Balaban J connectivity index is 1.14. The maximum atomic E-state index is 8.67. The molecule has 5 aromatic carbocycles. The number of nitrogens with zero attached hydrogens (tertiary/aromatic N) is 4. The van der Waals surface area contributed by atoms with Crippen LogP contribution in [0, 0.1) is 0 Å². The molecule has 0 aliphatic heterocycles. The summed E-state index contributed by atoms with van der Waals surface area (Å²) in [5.74, 6) is 0. The first-order valence-corrected chi connectivity index (χ1v) is 15.3. The van der Waals surface area contributed by atoms with Gasteiger partial charge in [-0.25, -0.2) is 4.98 Å². The van der Waals surface area contributed by atoms with Crippen molar-refractivity contribution in [2.24, 2.45) is 0 Å². The van der Waals surface area contributed by atoms with Crippen LogP contribution in [0.2, 0.25) is 0 Å². The predicted octanol–water partition coefficient (Wildman–Crippen LogP) is 10.8. The van der Waals surface area contributed by atoms with E-state index in [1.54, 1.807) is 23.2 Å². The number of para-hydroxylation sites is 1. The van der Waals surface area contributed by atoms with Crippen molar-refractivity contribution >= 4 is 32.6 Å². The minimum absolute atomic E-state index is 0.111. The molecule has 4 aromatic heterocycles. The van der Waals surface area contributed by atoms with Crippen LogP contribution in [0.4, 0.5) is 0 Å². The highest BCUT2D eigenvalue weighted by molar-refractivity contribution is 6.10. The molecular formula is C43H28N4. The second-order valence-corrected chi connectivity index (χ2v) is 11.4. The van der Waals surface area contributed by atoms with Crippen LogP contribution in [0.3, 0.4) is 0 Å². The molecule has 220 valence electrons. The monoisotopic (exact) mass is 605 g/mol. The molecule has 0 saturated heterocycles. The molecule has 9 aromatic rings. The summed E-state index contributed by atoms with van der Waals surface area (Å²) in [6.07, 6.45) is 7.00. The molecule has 0 bridgehead atoms. The van der Waals surface area contributed by atoms with Gasteiger partial charge >= 0.3 is 0 Å². The van der Waals surface area contributed by atoms with Gasteiger partial charge in [0.25, 0.3) is 0 Å². The van der Waals surface area contributed by atoms with Crippen LogP contribution in [0.1, 0.15) is 6.85 Å². The highest BCUT2D eigenvalue weighted by Crippen LogP contribution is 2.36. The van der Waals surface area contributed by atoms with Crippen molar-refractivity contribution in [2.75, 3.05) is 0 Å². The minimum Gasteiger partial charge on any atom is -0.309 e. The zero-order chi connectivity index (χ0) is 35.5. The van der Waals surface area contributed by atoms with Gasteiger partial charge in [-0.2, -0.15) is 0 Å². The van der Waals surface area contributed by atoms with Crippen molar-refractivity contribution in [3.8, 4) is 50.5 Å². The lowest BCUT2D eigenvalue weighted by molar-refractivity contribution is 1.17. The highest BCUT2D eigenvalue weighted by atomic mass is 15.0. The van der Waals surface area contributed by atoms with Crippen LogP contribution in [0.5, 0.6) is 0 Å². The predicted molar refractivity (Wildman–Crippen MR) is 193 cm³/mol. The van der Waals surface area contributed by atoms with Crippen LogP contribution < -0.4 is 0 Å². The van der Waals surface area contributed by atoms with Crippen LogP contribution in [0.15, 0.2) is 170 Å². The van der Waals surface area contributed by atoms with Gasteiger partial charge in [-0.1, -0.05) is 84.9 Å². The van der Waals surface area contributed by atoms with Crippen molar-refractivity contribution in [1.29, 1.82) is 0 Å². The van der Waals surface area contributed by atoms with Gasteiger partial charge in [0.15, 0.2) is 0 Å². The Hall–Kier alpha value is -6.39. The van der Waals surface area contributed by atoms with Crippen molar-refractivity contribution in [3.63, 3.8) is 0 Å². The third-order valence-electron chi connectivity index (χ3n) is 8.66. The topological polar surface area (TPSA) is 43.6 Å². The molecule has 0 aliphatic carbocycles. The SMILES string of the molecule is [2H]c1c([2H])c([2H])c(-n2c3ccncc3c3cc(-c4ccc(-c5cc(-c6cccnc6)nc(-c6ccc7ccccc7c6)c5)cc4)ccc32)c([2H])c1[2H]. The van der Waals surface area contributed by atoms with E-state index in [0.717, 1.165) is 66.4 Å². The Labute approximate surface area is 279 Å². The fourth-order valence-corrected chi connectivity index (χ4v) is 6.35. The lowest BCUT2D eigenvalue weighted by atomic mass is 9.97. The van der Waals surface area contributed by atoms with Gasteiger partial charge in [-0.05, 0) is 93.6 Å². The standard InChI is InChI=1S/C43H28N4/c1-2-10-37(11-3-1)47-42-19-18-33(24-38(42)39-28-45-22-20-43(39)47)30-12-14-31(15-13-30)36-25-40(46-41(26-36)35-9-6-21-44-27-35)34-17-16-29-7-4-5-8-32(29)23-34/h1-28H/i1D,2D,3D,10D,11D. The number of aromatic nitrogens is 4. The van der Waals surface area contributed by atoms with E-state index in [1.807, 2.05) is 48.7 Å². The molecule has 4 heteroatoms. The maximum Gasteiger partial charge on any atom is 0.0731 e. The number of pyridine rings is 3. The average Bonchev–Trinajstić information content (AvgIpc) is 3.52. The number of benzene rings is 5. The van der Waals surface area contributed by atoms with Gasteiger partial charge < -0.3 is 4.57 Å².